The summed E-state index contributed by atoms with van der Waals surface area (Å²) in [6, 6.07) is 13.9. The number of carbonyl (C=O) groups excluding carboxylic acids is 1. The van der Waals surface area contributed by atoms with Crippen molar-refractivity contribution in [2.75, 3.05) is 18.4 Å². The number of amides is 1. The quantitative estimate of drug-likeness (QED) is 0.762. The lowest BCUT2D eigenvalue weighted by molar-refractivity contribution is -0.116. The third-order valence-corrected chi connectivity index (χ3v) is 4.84. The van der Waals surface area contributed by atoms with Crippen LogP contribution in [0.3, 0.4) is 0 Å². The summed E-state index contributed by atoms with van der Waals surface area (Å²) in [4.78, 5) is 12.2. The molecule has 5 heteroatoms. The third-order valence-electron chi connectivity index (χ3n) is 4.60. The van der Waals surface area contributed by atoms with E-state index in [-0.39, 0.29) is 18.3 Å². The molecule has 1 saturated heterocycles. The van der Waals surface area contributed by atoms with Crippen molar-refractivity contribution >= 4 is 35.6 Å². The Balaban J connectivity index is 0.00000225. The maximum atomic E-state index is 12.2. The molecule has 1 heterocycles. The minimum atomic E-state index is 0. The largest absolute Gasteiger partial charge is 0.326 e. The van der Waals surface area contributed by atoms with Gasteiger partial charge in [-0.25, -0.2) is 0 Å². The molecule has 0 spiro atoms. The predicted molar refractivity (Wildman–Crippen MR) is 108 cm³/mol. The molecular weight excluding hydrogens is 355 g/mol. The molecule has 3 rings (SSSR count). The summed E-state index contributed by atoms with van der Waals surface area (Å²) < 4.78 is 0. The van der Waals surface area contributed by atoms with E-state index in [1.165, 1.54) is 6.42 Å². The first-order valence-electron chi connectivity index (χ1n) is 8.49. The molecule has 0 aromatic heterocycles. The Morgan fingerprint density at radius 1 is 1.24 bits per heavy atom. The Kier molecular flexibility index (Phi) is 7.30. The Labute approximate surface area is 160 Å². The average molecular weight is 379 g/mol. The lowest BCUT2D eigenvalue weighted by Crippen LogP contribution is -2.15. The first kappa shape index (κ1) is 19.8. The molecular formula is C20H24Cl2N2O. The van der Waals surface area contributed by atoms with E-state index in [4.69, 9.17) is 11.6 Å². The number of hydrogen-bond acceptors (Lipinski definition) is 2. The fourth-order valence-corrected chi connectivity index (χ4v) is 3.35. The highest BCUT2D eigenvalue weighted by Crippen LogP contribution is 2.27. The van der Waals surface area contributed by atoms with Gasteiger partial charge >= 0.3 is 0 Å². The molecule has 0 bridgehead atoms. The standard InChI is InChI=1S/C20H23ClN2O.ClH/c1-14-11-17(16-3-2-4-18(21)12-16)6-7-19(14)23-20(24)8-5-15-9-10-22-13-15;/h2-4,6-7,11-12,15,22H,5,8-10,13H2,1H3,(H,23,24);1H. The summed E-state index contributed by atoms with van der Waals surface area (Å²) in [6.07, 6.45) is 2.72. The molecule has 3 nitrogen and oxygen atoms in total. The highest BCUT2D eigenvalue weighted by molar-refractivity contribution is 6.30. The Morgan fingerprint density at radius 2 is 2.04 bits per heavy atom. The van der Waals surface area contributed by atoms with Gasteiger partial charge in [-0.3, -0.25) is 4.79 Å². The molecule has 25 heavy (non-hydrogen) atoms. The molecule has 2 aromatic rings. The summed E-state index contributed by atoms with van der Waals surface area (Å²) in [5.74, 6) is 0.738. The third kappa shape index (κ3) is 5.46. The van der Waals surface area contributed by atoms with Crippen LogP contribution < -0.4 is 10.6 Å². The van der Waals surface area contributed by atoms with Crippen LogP contribution in [0.25, 0.3) is 11.1 Å². The number of hydrogen-bond donors (Lipinski definition) is 2. The molecule has 1 amide bonds. The SMILES string of the molecule is Cc1cc(-c2cccc(Cl)c2)ccc1NC(=O)CCC1CCNC1.Cl. The van der Waals surface area contributed by atoms with Crippen molar-refractivity contribution in [1.82, 2.24) is 5.32 Å². The average Bonchev–Trinajstić information content (AvgIpc) is 3.08. The van der Waals surface area contributed by atoms with E-state index >= 15 is 0 Å². The van der Waals surface area contributed by atoms with E-state index in [9.17, 15) is 4.79 Å². The normalized spacial score (nSPS) is 16.3. The molecule has 1 aliphatic heterocycles. The van der Waals surface area contributed by atoms with Crippen molar-refractivity contribution in [3.05, 3.63) is 53.1 Å². The number of anilines is 1. The first-order chi connectivity index (χ1) is 11.6. The van der Waals surface area contributed by atoms with Crippen molar-refractivity contribution in [3.8, 4) is 11.1 Å². The second-order valence-electron chi connectivity index (χ2n) is 6.49. The van der Waals surface area contributed by atoms with Crippen LogP contribution >= 0.6 is 24.0 Å². The molecule has 2 N–H and O–H groups in total. The van der Waals surface area contributed by atoms with Gasteiger partial charge in [-0.15, -0.1) is 12.4 Å². The van der Waals surface area contributed by atoms with Gasteiger partial charge in [-0.2, -0.15) is 0 Å². The van der Waals surface area contributed by atoms with Gasteiger partial charge in [0.15, 0.2) is 0 Å². The first-order valence-corrected chi connectivity index (χ1v) is 8.87. The Morgan fingerprint density at radius 3 is 2.72 bits per heavy atom. The molecule has 1 aliphatic rings. The number of aryl methyl sites for hydroxylation is 1. The van der Waals surface area contributed by atoms with Crippen LogP contribution in [-0.2, 0) is 4.79 Å². The maximum absolute atomic E-state index is 12.2. The van der Waals surface area contributed by atoms with Gasteiger partial charge in [0.25, 0.3) is 0 Å². The highest BCUT2D eigenvalue weighted by atomic mass is 35.5. The summed E-state index contributed by atoms with van der Waals surface area (Å²) >= 11 is 6.06. The van der Waals surface area contributed by atoms with Crippen molar-refractivity contribution < 1.29 is 4.79 Å². The van der Waals surface area contributed by atoms with Crippen LogP contribution in [0.5, 0.6) is 0 Å². The van der Waals surface area contributed by atoms with E-state index in [1.807, 2.05) is 43.3 Å². The summed E-state index contributed by atoms with van der Waals surface area (Å²) in [7, 11) is 0. The molecule has 0 aliphatic carbocycles. The monoisotopic (exact) mass is 378 g/mol. The zero-order valence-corrected chi connectivity index (χ0v) is 15.9. The highest BCUT2D eigenvalue weighted by Gasteiger charge is 2.16. The topological polar surface area (TPSA) is 41.1 Å². The molecule has 2 aromatic carbocycles. The Bertz CT molecular complexity index is 727. The number of benzene rings is 2. The van der Waals surface area contributed by atoms with Crippen LogP contribution in [0, 0.1) is 12.8 Å². The van der Waals surface area contributed by atoms with Crippen molar-refractivity contribution in [2.24, 2.45) is 5.92 Å². The number of carbonyl (C=O) groups is 1. The summed E-state index contributed by atoms with van der Waals surface area (Å²) in [5.41, 5.74) is 4.13. The van der Waals surface area contributed by atoms with E-state index in [0.717, 1.165) is 46.9 Å². The molecule has 1 fully saturated rings. The second kappa shape index (κ2) is 9.23. The van der Waals surface area contributed by atoms with Gasteiger partial charge < -0.3 is 10.6 Å². The van der Waals surface area contributed by atoms with E-state index in [2.05, 4.69) is 16.7 Å². The van der Waals surface area contributed by atoms with Crippen LogP contribution in [0.4, 0.5) is 5.69 Å². The van der Waals surface area contributed by atoms with Crippen LogP contribution in [0.2, 0.25) is 5.02 Å². The predicted octanol–water partition coefficient (Wildman–Crippen LogP) is 5.07. The number of rotatable bonds is 5. The fourth-order valence-electron chi connectivity index (χ4n) is 3.16. The van der Waals surface area contributed by atoms with E-state index in [1.54, 1.807) is 0 Å². The van der Waals surface area contributed by atoms with Crippen LogP contribution in [0.1, 0.15) is 24.8 Å². The van der Waals surface area contributed by atoms with Crippen LogP contribution in [0.15, 0.2) is 42.5 Å². The summed E-state index contributed by atoms with van der Waals surface area (Å²) in [6.45, 7) is 4.14. The van der Waals surface area contributed by atoms with Crippen molar-refractivity contribution in [3.63, 3.8) is 0 Å². The smallest absolute Gasteiger partial charge is 0.224 e. The minimum absolute atomic E-state index is 0. The molecule has 1 atom stereocenters. The van der Waals surface area contributed by atoms with Gasteiger partial charge in [0.1, 0.15) is 0 Å². The van der Waals surface area contributed by atoms with Gasteiger partial charge in [0, 0.05) is 17.1 Å². The number of nitrogens with one attached hydrogen (secondary N) is 2. The molecule has 0 saturated carbocycles. The van der Waals surface area contributed by atoms with Crippen molar-refractivity contribution in [1.29, 1.82) is 0 Å². The molecule has 1 unspecified atom stereocenters. The van der Waals surface area contributed by atoms with Gasteiger partial charge in [0.05, 0.1) is 0 Å². The zero-order chi connectivity index (χ0) is 16.9. The summed E-state index contributed by atoms with van der Waals surface area (Å²) in [5, 5.41) is 7.10. The minimum Gasteiger partial charge on any atom is -0.326 e. The van der Waals surface area contributed by atoms with E-state index < -0.39 is 0 Å². The lowest BCUT2D eigenvalue weighted by atomic mass is 10.0. The van der Waals surface area contributed by atoms with Crippen molar-refractivity contribution in [2.45, 2.75) is 26.2 Å². The lowest BCUT2D eigenvalue weighted by Gasteiger charge is -2.12. The molecule has 0 radical (unpaired) electrons. The van der Waals surface area contributed by atoms with Gasteiger partial charge in [-0.1, -0.05) is 29.8 Å². The second-order valence-corrected chi connectivity index (χ2v) is 6.92. The molecule has 134 valence electrons. The maximum Gasteiger partial charge on any atom is 0.224 e. The Hall–Kier alpha value is -1.55. The van der Waals surface area contributed by atoms with Crippen LogP contribution in [-0.4, -0.2) is 19.0 Å². The number of halogens is 2. The van der Waals surface area contributed by atoms with Gasteiger partial charge in [0.2, 0.25) is 5.91 Å². The fraction of sp³-hybridized carbons (Fsp3) is 0.350. The van der Waals surface area contributed by atoms with Gasteiger partial charge in [-0.05, 0) is 79.7 Å². The zero-order valence-electron chi connectivity index (χ0n) is 14.3. The van der Waals surface area contributed by atoms with E-state index in [0.29, 0.717) is 12.3 Å².